The lowest BCUT2D eigenvalue weighted by molar-refractivity contribution is -0.137. The monoisotopic (exact) mass is 516 g/mol. The van der Waals surface area contributed by atoms with Crippen LogP contribution in [0.3, 0.4) is 0 Å². The number of pyridine rings is 1. The van der Waals surface area contributed by atoms with Gasteiger partial charge in [-0.15, -0.1) is 0 Å². The fraction of sp³-hybridized carbons (Fsp3) is 0.444. The lowest BCUT2D eigenvalue weighted by atomic mass is 9.69. The summed E-state index contributed by atoms with van der Waals surface area (Å²) in [5.74, 6) is -0.615. The quantitative estimate of drug-likeness (QED) is 0.421. The molecule has 0 spiro atoms. The highest BCUT2D eigenvalue weighted by Crippen LogP contribution is 2.40. The Morgan fingerprint density at radius 1 is 1.08 bits per heavy atom. The van der Waals surface area contributed by atoms with E-state index in [1.54, 1.807) is 35.7 Å². The molecule has 0 aliphatic heterocycles. The van der Waals surface area contributed by atoms with Crippen LogP contribution < -0.4 is 10.6 Å². The van der Waals surface area contributed by atoms with Gasteiger partial charge in [0.1, 0.15) is 11.3 Å². The van der Waals surface area contributed by atoms with Gasteiger partial charge in [-0.05, 0) is 49.6 Å². The van der Waals surface area contributed by atoms with Crippen molar-refractivity contribution in [3.05, 3.63) is 71.2 Å². The standard InChI is InChI=1S/C27H31F3N4O3/c1-18(35)15-31-24(36)14-21-16-34-22(6-5-7-23(34)33-21)25(37)32-17-26(12-3-2-4-13-26)19-8-10-20(11-9-19)27(28,29)30/h5-11,16,18,35H,2-4,12-15,17H2,1H3,(H,31,36)(H,32,37). The summed E-state index contributed by atoms with van der Waals surface area (Å²) in [7, 11) is 0. The number of nitrogens with one attached hydrogen (secondary N) is 2. The number of rotatable bonds is 8. The second-order valence-corrected chi connectivity index (χ2v) is 9.80. The Morgan fingerprint density at radius 3 is 2.43 bits per heavy atom. The number of imidazole rings is 1. The highest BCUT2D eigenvalue weighted by atomic mass is 19.4. The molecule has 1 saturated carbocycles. The third kappa shape index (κ3) is 6.30. The molecule has 3 aromatic rings. The van der Waals surface area contributed by atoms with Gasteiger partial charge in [-0.1, -0.05) is 37.5 Å². The van der Waals surface area contributed by atoms with Gasteiger partial charge in [-0.25, -0.2) is 4.98 Å². The zero-order valence-electron chi connectivity index (χ0n) is 20.6. The number of benzene rings is 1. The van der Waals surface area contributed by atoms with E-state index in [4.69, 9.17) is 0 Å². The van der Waals surface area contributed by atoms with Crippen molar-refractivity contribution in [1.82, 2.24) is 20.0 Å². The SMILES string of the molecule is CC(O)CNC(=O)Cc1cn2c(C(=O)NCC3(c4ccc(C(F)(F)F)cc4)CCCCC3)cccc2n1. The number of aliphatic hydroxyl groups excluding tert-OH is 1. The second-order valence-electron chi connectivity index (χ2n) is 9.80. The largest absolute Gasteiger partial charge is 0.416 e. The summed E-state index contributed by atoms with van der Waals surface area (Å²) in [6.45, 7) is 2.02. The molecule has 1 unspecified atom stereocenters. The molecule has 0 saturated heterocycles. The Balaban J connectivity index is 1.51. The Morgan fingerprint density at radius 2 is 1.78 bits per heavy atom. The van der Waals surface area contributed by atoms with Crippen LogP contribution >= 0.6 is 0 Å². The maximum Gasteiger partial charge on any atom is 0.416 e. The summed E-state index contributed by atoms with van der Waals surface area (Å²) >= 11 is 0. The molecule has 2 amide bonds. The Bertz CT molecular complexity index is 1250. The van der Waals surface area contributed by atoms with E-state index in [9.17, 15) is 27.9 Å². The van der Waals surface area contributed by atoms with Gasteiger partial charge in [-0.3, -0.25) is 14.0 Å². The Labute approximate surface area is 213 Å². The number of carbonyl (C=O) groups is 2. The summed E-state index contributed by atoms with van der Waals surface area (Å²) in [6, 6.07) is 10.4. The van der Waals surface area contributed by atoms with Crippen molar-refractivity contribution in [1.29, 1.82) is 0 Å². The predicted molar refractivity (Wildman–Crippen MR) is 132 cm³/mol. The number of halogens is 3. The van der Waals surface area contributed by atoms with E-state index in [-0.39, 0.29) is 24.8 Å². The van der Waals surface area contributed by atoms with Crippen molar-refractivity contribution in [3.63, 3.8) is 0 Å². The van der Waals surface area contributed by atoms with Crippen LogP contribution in [0.4, 0.5) is 13.2 Å². The van der Waals surface area contributed by atoms with E-state index in [0.717, 1.165) is 49.8 Å². The molecule has 3 N–H and O–H groups in total. The van der Waals surface area contributed by atoms with Gasteiger partial charge < -0.3 is 15.7 Å². The van der Waals surface area contributed by atoms with Crippen LogP contribution in [0.1, 0.15) is 66.3 Å². The number of amides is 2. The molecule has 0 radical (unpaired) electrons. The van der Waals surface area contributed by atoms with Crippen molar-refractivity contribution >= 4 is 17.5 Å². The molecular weight excluding hydrogens is 485 g/mol. The van der Waals surface area contributed by atoms with E-state index in [2.05, 4.69) is 15.6 Å². The molecule has 198 valence electrons. The molecule has 1 fully saturated rings. The van der Waals surface area contributed by atoms with E-state index in [1.807, 2.05) is 0 Å². The first-order valence-corrected chi connectivity index (χ1v) is 12.5. The van der Waals surface area contributed by atoms with E-state index in [0.29, 0.717) is 23.6 Å². The van der Waals surface area contributed by atoms with E-state index < -0.39 is 23.3 Å². The summed E-state index contributed by atoms with van der Waals surface area (Å²) in [5.41, 5.74) is 1.02. The van der Waals surface area contributed by atoms with Crippen LogP contribution in [0, 0.1) is 0 Å². The maximum atomic E-state index is 13.3. The molecule has 1 aliphatic carbocycles. The van der Waals surface area contributed by atoms with Crippen molar-refractivity contribution < 1.29 is 27.9 Å². The first-order valence-electron chi connectivity index (χ1n) is 12.5. The minimum atomic E-state index is -4.40. The maximum absolute atomic E-state index is 13.3. The molecular formula is C27H31F3N4O3. The first kappa shape index (κ1) is 26.7. The third-order valence-electron chi connectivity index (χ3n) is 6.93. The molecule has 2 aromatic heterocycles. The number of aromatic nitrogens is 2. The molecule has 1 aromatic carbocycles. The molecule has 37 heavy (non-hydrogen) atoms. The van der Waals surface area contributed by atoms with Crippen LogP contribution in [0.15, 0.2) is 48.7 Å². The van der Waals surface area contributed by atoms with Crippen molar-refractivity contribution in [2.24, 2.45) is 0 Å². The van der Waals surface area contributed by atoms with Crippen molar-refractivity contribution in [2.45, 2.75) is 63.1 Å². The number of carbonyl (C=O) groups excluding carboxylic acids is 2. The van der Waals surface area contributed by atoms with Gasteiger partial charge in [-0.2, -0.15) is 13.2 Å². The normalized spacial score (nSPS) is 16.4. The minimum absolute atomic E-state index is 0.00644. The predicted octanol–water partition coefficient (Wildman–Crippen LogP) is 4.02. The summed E-state index contributed by atoms with van der Waals surface area (Å²) in [5, 5.41) is 15.0. The van der Waals surface area contributed by atoms with Gasteiger partial charge >= 0.3 is 6.18 Å². The molecule has 2 heterocycles. The highest BCUT2D eigenvalue weighted by molar-refractivity contribution is 5.93. The summed E-state index contributed by atoms with van der Waals surface area (Å²) in [6.07, 6.45) is 1.08. The zero-order chi connectivity index (χ0) is 26.6. The number of aliphatic hydroxyl groups is 1. The molecule has 1 atom stereocenters. The van der Waals surface area contributed by atoms with Crippen molar-refractivity contribution in [3.8, 4) is 0 Å². The lowest BCUT2D eigenvalue weighted by Crippen LogP contribution is -2.42. The first-order chi connectivity index (χ1) is 17.6. The molecule has 4 rings (SSSR count). The van der Waals surface area contributed by atoms with Crippen LogP contribution in [0.2, 0.25) is 0 Å². The van der Waals surface area contributed by atoms with Crippen LogP contribution in [-0.4, -0.2) is 45.5 Å². The number of alkyl halides is 3. The smallest absolute Gasteiger partial charge is 0.392 e. The lowest BCUT2D eigenvalue weighted by Gasteiger charge is -2.38. The minimum Gasteiger partial charge on any atom is -0.392 e. The van der Waals surface area contributed by atoms with Crippen LogP contribution in [0.25, 0.3) is 5.65 Å². The van der Waals surface area contributed by atoms with E-state index in [1.165, 1.54) is 12.1 Å². The molecule has 1 aliphatic rings. The fourth-order valence-electron chi connectivity index (χ4n) is 4.97. The number of fused-ring (bicyclic) bond motifs is 1. The molecule has 10 heteroatoms. The molecule has 0 bridgehead atoms. The topological polar surface area (TPSA) is 95.7 Å². The fourth-order valence-corrected chi connectivity index (χ4v) is 4.97. The van der Waals surface area contributed by atoms with E-state index >= 15 is 0 Å². The zero-order valence-corrected chi connectivity index (χ0v) is 20.6. The van der Waals surface area contributed by atoms with Gasteiger partial charge in [0.25, 0.3) is 5.91 Å². The number of nitrogens with zero attached hydrogens (tertiary/aromatic N) is 2. The van der Waals surface area contributed by atoms with Crippen LogP contribution in [0.5, 0.6) is 0 Å². The van der Waals surface area contributed by atoms with Crippen LogP contribution in [-0.2, 0) is 22.8 Å². The average molecular weight is 517 g/mol. The summed E-state index contributed by atoms with van der Waals surface area (Å²) < 4.78 is 40.8. The van der Waals surface area contributed by atoms with Gasteiger partial charge in [0.2, 0.25) is 5.91 Å². The Hall–Kier alpha value is -3.40. The van der Waals surface area contributed by atoms with Gasteiger partial charge in [0.05, 0.1) is 23.8 Å². The third-order valence-corrected chi connectivity index (χ3v) is 6.93. The average Bonchev–Trinajstić information content (AvgIpc) is 3.28. The van der Waals surface area contributed by atoms with Gasteiger partial charge in [0, 0.05) is 24.7 Å². The Kier molecular flexibility index (Phi) is 7.87. The molecule has 7 nitrogen and oxygen atoms in total. The highest BCUT2D eigenvalue weighted by Gasteiger charge is 2.36. The van der Waals surface area contributed by atoms with Gasteiger partial charge in [0.15, 0.2) is 0 Å². The summed E-state index contributed by atoms with van der Waals surface area (Å²) in [4.78, 5) is 29.8. The number of hydrogen-bond donors (Lipinski definition) is 3. The number of hydrogen-bond acceptors (Lipinski definition) is 4. The van der Waals surface area contributed by atoms with Crippen molar-refractivity contribution in [2.75, 3.05) is 13.1 Å². The second kappa shape index (κ2) is 10.9.